The SMILES string of the molecule is O=C(OCc1cc2ccccc2[nH]c1=O)c1ccn(C2CCCC2)n1. The van der Waals surface area contributed by atoms with Crippen molar-refractivity contribution >= 4 is 16.9 Å². The molecule has 1 N–H and O–H groups in total. The predicted octanol–water partition coefficient (Wildman–Crippen LogP) is 3.20. The van der Waals surface area contributed by atoms with E-state index in [2.05, 4.69) is 10.1 Å². The maximum atomic E-state index is 12.2. The van der Waals surface area contributed by atoms with Gasteiger partial charge in [0.25, 0.3) is 5.56 Å². The number of benzene rings is 1. The molecular formula is C19H19N3O3. The highest BCUT2D eigenvalue weighted by atomic mass is 16.5. The lowest BCUT2D eigenvalue weighted by atomic mass is 10.1. The van der Waals surface area contributed by atoms with E-state index in [1.54, 1.807) is 12.1 Å². The van der Waals surface area contributed by atoms with Gasteiger partial charge in [-0.2, -0.15) is 5.10 Å². The molecule has 2 heterocycles. The number of hydrogen-bond acceptors (Lipinski definition) is 4. The number of aromatic nitrogens is 3. The lowest BCUT2D eigenvalue weighted by Crippen LogP contribution is -2.16. The Morgan fingerprint density at radius 3 is 2.88 bits per heavy atom. The molecule has 6 nitrogen and oxygen atoms in total. The van der Waals surface area contributed by atoms with E-state index in [0.717, 1.165) is 23.7 Å². The lowest BCUT2D eigenvalue weighted by Gasteiger charge is -2.08. The first-order chi connectivity index (χ1) is 12.2. The Labute approximate surface area is 144 Å². The second kappa shape index (κ2) is 6.55. The molecule has 1 saturated carbocycles. The van der Waals surface area contributed by atoms with Crippen LogP contribution in [-0.2, 0) is 11.3 Å². The Hall–Kier alpha value is -2.89. The first kappa shape index (κ1) is 15.6. The third-order valence-electron chi connectivity index (χ3n) is 4.71. The van der Waals surface area contributed by atoms with Crippen LogP contribution in [0.5, 0.6) is 0 Å². The number of para-hydroxylation sites is 1. The Morgan fingerprint density at radius 2 is 2.04 bits per heavy atom. The highest BCUT2D eigenvalue weighted by Gasteiger charge is 2.20. The van der Waals surface area contributed by atoms with Gasteiger partial charge in [-0.3, -0.25) is 9.48 Å². The van der Waals surface area contributed by atoms with Crippen LogP contribution >= 0.6 is 0 Å². The molecule has 0 bridgehead atoms. The fraction of sp³-hybridized carbons (Fsp3) is 0.316. The molecule has 128 valence electrons. The van der Waals surface area contributed by atoms with Crippen molar-refractivity contribution in [3.8, 4) is 0 Å². The van der Waals surface area contributed by atoms with E-state index < -0.39 is 5.97 Å². The van der Waals surface area contributed by atoms with E-state index in [1.165, 1.54) is 12.8 Å². The molecule has 1 aromatic carbocycles. The Kier molecular flexibility index (Phi) is 4.09. The van der Waals surface area contributed by atoms with E-state index in [0.29, 0.717) is 11.6 Å². The predicted molar refractivity (Wildman–Crippen MR) is 93.4 cm³/mol. The van der Waals surface area contributed by atoms with Crippen LogP contribution < -0.4 is 5.56 Å². The molecule has 6 heteroatoms. The number of nitrogens with one attached hydrogen (secondary N) is 1. The number of esters is 1. The van der Waals surface area contributed by atoms with Crippen LogP contribution in [0, 0.1) is 0 Å². The minimum absolute atomic E-state index is 0.0741. The molecule has 0 radical (unpaired) electrons. The van der Waals surface area contributed by atoms with Gasteiger partial charge in [0.2, 0.25) is 0 Å². The minimum atomic E-state index is -0.510. The Balaban J connectivity index is 1.46. The number of fused-ring (bicyclic) bond motifs is 1. The molecule has 25 heavy (non-hydrogen) atoms. The Morgan fingerprint density at radius 1 is 1.24 bits per heavy atom. The van der Waals surface area contributed by atoms with Gasteiger partial charge in [0.15, 0.2) is 5.69 Å². The third kappa shape index (κ3) is 3.20. The fourth-order valence-electron chi connectivity index (χ4n) is 3.34. The van der Waals surface area contributed by atoms with E-state index >= 15 is 0 Å². The standard InChI is InChI=1S/C19H19N3O3/c23-18-14(11-13-5-1-4-8-16(13)20-18)12-25-19(24)17-9-10-22(21-17)15-6-2-3-7-15/h1,4-5,8-11,15H,2-3,6-7,12H2,(H,20,23). The molecule has 0 unspecified atom stereocenters. The number of pyridine rings is 1. The molecule has 0 amide bonds. The van der Waals surface area contributed by atoms with Gasteiger partial charge in [-0.05, 0) is 36.4 Å². The summed E-state index contributed by atoms with van der Waals surface area (Å²) >= 11 is 0. The van der Waals surface area contributed by atoms with E-state index in [1.807, 2.05) is 35.1 Å². The maximum Gasteiger partial charge on any atom is 0.359 e. The zero-order chi connectivity index (χ0) is 17.2. The summed E-state index contributed by atoms with van der Waals surface area (Å²) in [6.45, 7) is -0.0741. The normalized spacial score (nSPS) is 14.9. The van der Waals surface area contributed by atoms with Crippen molar-refractivity contribution in [2.45, 2.75) is 38.3 Å². The van der Waals surface area contributed by atoms with Crippen molar-refractivity contribution in [1.29, 1.82) is 0 Å². The van der Waals surface area contributed by atoms with Crippen LogP contribution in [0.25, 0.3) is 10.9 Å². The van der Waals surface area contributed by atoms with E-state index in [-0.39, 0.29) is 17.9 Å². The van der Waals surface area contributed by atoms with Gasteiger partial charge in [0.1, 0.15) is 6.61 Å². The zero-order valence-electron chi connectivity index (χ0n) is 13.8. The number of H-pyrrole nitrogens is 1. The van der Waals surface area contributed by atoms with Crippen LogP contribution in [0.3, 0.4) is 0 Å². The second-order valence-corrected chi connectivity index (χ2v) is 6.41. The van der Waals surface area contributed by atoms with E-state index in [9.17, 15) is 9.59 Å². The van der Waals surface area contributed by atoms with Crippen molar-refractivity contribution in [2.75, 3.05) is 0 Å². The van der Waals surface area contributed by atoms with Crippen molar-refractivity contribution in [3.63, 3.8) is 0 Å². The molecule has 0 aliphatic heterocycles. The topological polar surface area (TPSA) is 77.0 Å². The van der Waals surface area contributed by atoms with Crippen molar-refractivity contribution in [2.24, 2.45) is 0 Å². The van der Waals surface area contributed by atoms with Gasteiger partial charge in [-0.25, -0.2) is 4.79 Å². The highest BCUT2D eigenvalue weighted by molar-refractivity contribution is 5.87. The summed E-state index contributed by atoms with van der Waals surface area (Å²) in [5, 5.41) is 5.23. The number of hydrogen-bond donors (Lipinski definition) is 1. The van der Waals surface area contributed by atoms with Crippen LogP contribution in [-0.4, -0.2) is 20.7 Å². The average molecular weight is 337 g/mol. The van der Waals surface area contributed by atoms with Crippen LogP contribution in [0.2, 0.25) is 0 Å². The third-order valence-corrected chi connectivity index (χ3v) is 4.71. The number of rotatable bonds is 4. The number of carbonyl (C=O) groups excluding carboxylic acids is 1. The largest absolute Gasteiger partial charge is 0.456 e. The van der Waals surface area contributed by atoms with Crippen LogP contribution in [0.4, 0.5) is 0 Å². The molecule has 4 rings (SSSR count). The van der Waals surface area contributed by atoms with Gasteiger partial charge in [0.05, 0.1) is 11.6 Å². The van der Waals surface area contributed by atoms with Crippen LogP contribution in [0.1, 0.15) is 47.8 Å². The molecule has 2 aromatic heterocycles. The molecule has 0 spiro atoms. The molecule has 1 fully saturated rings. The molecule has 0 atom stereocenters. The summed E-state index contributed by atoms with van der Waals surface area (Å²) in [5.74, 6) is -0.510. The first-order valence-corrected chi connectivity index (χ1v) is 8.54. The fourth-order valence-corrected chi connectivity index (χ4v) is 3.34. The number of carbonyl (C=O) groups is 1. The minimum Gasteiger partial charge on any atom is -0.456 e. The summed E-state index contributed by atoms with van der Waals surface area (Å²) < 4.78 is 7.14. The second-order valence-electron chi connectivity index (χ2n) is 6.41. The van der Waals surface area contributed by atoms with Gasteiger partial charge in [-0.15, -0.1) is 0 Å². The lowest BCUT2D eigenvalue weighted by molar-refractivity contribution is 0.0463. The van der Waals surface area contributed by atoms with Crippen molar-refractivity contribution < 1.29 is 9.53 Å². The highest BCUT2D eigenvalue weighted by Crippen LogP contribution is 2.28. The molecule has 1 aliphatic rings. The van der Waals surface area contributed by atoms with Gasteiger partial charge >= 0.3 is 5.97 Å². The molecular weight excluding hydrogens is 318 g/mol. The monoisotopic (exact) mass is 337 g/mol. The van der Waals surface area contributed by atoms with Crippen LogP contribution in [0.15, 0.2) is 47.4 Å². The zero-order valence-corrected chi connectivity index (χ0v) is 13.8. The number of nitrogens with zero attached hydrogens (tertiary/aromatic N) is 2. The summed E-state index contributed by atoms with van der Waals surface area (Å²) in [6.07, 6.45) is 6.44. The van der Waals surface area contributed by atoms with Gasteiger partial charge < -0.3 is 9.72 Å². The van der Waals surface area contributed by atoms with Gasteiger partial charge in [0, 0.05) is 11.7 Å². The summed E-state index contributed by atoms with van der Waals surface area (Å²) in [7, 11) is 0. The number of ether oxygens (including phenoxy) is 1. The first-order valence-electron chi connectivity index (χ1n) is 8.54. The van der Waals surface area contributed by atoms with E-state index in [4.69, 9.17) is 4.74 Å². The Bertz CT molecular complexity index is 967. The average Bonchev–Trinajstić information content (AvgIpc) is 3.30. The molecule has 0 saturated heterocycles. The molecule has 3 aromatic rings. The smallest absolute Gasteiger partial charge is 0.359 e. The summed E-state index contributed by atoms with van der Waals surface area (Å²) in [5.41, 5.74) is 1.22. The van der Waals surface area contributed by atoms with Crippen molar-refractivity contribution in [1.82, 2.24) is 14.8 Å². The maximum absolute atomic E-state index is 12.2. The van der Waals surface area contributed by atoms with Crippen molar-refractivity contribution in [3.05, 3.63) is 64.2 Å². The molecule has 1 aliphatic carbocycles. The quantitative estimate of drug-likeness (QED) is 0.742. The summed E-state index contributed by atoms with van der Waals surface area (Å²) in [6, 6.07) is 11.3. The van der Waals surface area contributed by atoms with Gasteiger partial charge in [-0.1, -0.05) is 31.0 Å². The summed E-state index contributed by atoms with van der Waals surface area (Å²) in [4.78, 5) is 27.1. The number of aromatic amines is 1.